The van der Waals surface area contributed by atoms with Crippen molar-refractivity contribution >= 4 is 23.3 Å². The number of nitrogens with one attached hydrogen (secondary N) is 1. The number of halogens is 1. The minimum Gasteiger partial charge on any atom is -0.493 e. The van der Waals surface area contributed by atoms with Crippen LogP contribution >= 0.6 is 11.6 Å². The van der Waals surface area contributed by atoms with E-state index in [-0.39, 0.29) is 11.8 Å². The highest BCUT2D eigenvalue weighted by Gasteiger charge is 2.36. The summed E-state index contributed by atoms with van der Waals surface area (Å²) in [5.74, 6) is 1.95. The summed E-state index contributed by atoms with van der Waals surface area (Å²) in [5.41, 5.74) is 3.46. The molecule has 158 valence electrons. The van der Waals surface area contributed by atoms with E-state index in [9.17, 15) is 4.79 Å². The molecule has 31 heavy (non-hydrogen) atoms. The molecule has 1 atom stereocenters. The number of allylic oxidation sites excluding steroid dienone is 2. The van der Waals surface area contributed by atoms with Crippen LogP contribution in [0.3, 0.4) is 0 Å². The minimum atomic E-state index is -0.354. The number of benzene rings is 2. The van der Waals surface area contributed by atoms with Gasteiger partial charge in [0.2, 0.25) is 5.95 Å². The van der Waals surface area contributed by atoms with E-state index in [1.54, 1.807) is 11.8 Å². The first kappa shape index (κ1) is 19.6. The fraction of sp³-hybridized carbons (Fsp3) is 0.261. The molecule has 0 saturated carbocycles. The molecule has 2 aromatic carbocycles. The van der Waals surface area contributed by atoms with E-state index in [0.717, 1.165) is 35.2 Å². The number of carbonyl (C=O) groups excluding carboxylic acids is 1. The van der Waals surface area contributed by atoms with Crippen molar-refractivity contribution in [3.8, 4) is 11.5 Å². The maximum atomic E-state index is 12.8. The highest BCUT2D eigenvalue weighted by atomic mass is 35.5. The number of anilines is 1. The first-order valence-electron chi connectivity index (χ1n) is 10.1. The second kappa shape index (κ2) is 8.07. The fourth-order valence-electron chi connectivity index (χ4n) is 4.15. The van der Waals surface area contributed by atoms with Gasteiger partial charge in [-0.2, -0.15) is 10.1 Å². The van der Waals surface area contributed by atoms with Gasteiger partial charge in [-0.3, -0.25) is 4.79 Å². The predicted octanol–water partition coefficient (Wildman–Crippen LogP) is 4.54. The summed E-state index contributed by atoms with van der Waals surface area (Å²) >= 11 is 6.24. The molecule has 0 fully saturated rings. The molecular formula is C23H21ClN4O3. The van der Waals surface area contributed by atoms with E-state index in [4.69, 9.17) is 21.1 Å². The van der Waals surface area contributed by atoms with Crippen LogP contribution in [0.25, 0.3) is 0 Å². The van der Waals surface area contributed by atoms with Crippen LogP contribution in [0.15, 0.2) is 60.1 Å². The topological polar surface area (TPSA) is 78.3 Å². The Morgan fingerprint density at radius 1 is 1.19 bits per heavy atom. The van der Waals surface area contributed by atoms with Crippen molar-refractivity contribution in [2.75, 3.05) is 12.4 Å². The third-order valence-corrected chi connectivity index (χ3v) is 6.02. The molecule has 1 N–H and O–H groups in total. The van der Waals surface area contributed by atoms with Crippen LogP contribution in [0.4, 0.5) is 5.95 Å². The Hall–Kier alpha value is -3.32. The van der Waals surface area contributed by atoms with E-state index in [2.05, 4.69) is 15.4 Å². The molecule has 1 aromatic heterocycles. The van der Waals surface area contributed by atoms with E-state index < -0.39 is 0 Å². The van der Waals surface area contributed by atoms with Gasteiger partial charge in [-0.1, -0.05) is 35.9 Å². The smallest absolute Gasteiger partial charge is 0.226 e. The van der Waals surface area contributed by atoms with Gasteiger partial charge in [-0.15, -0.1) is 0 Å². The van der Waals surface area contributed by atoms with Gasteiger partial charge in [0.15, 0.2) is 17.3 Å². The molecule has 3 aromatic rings. The second-order valence-corrected chi connectivity index (χ2v) is 7.92. The number of fused-ring (bicyclic) bond motifs is 1. The van der Waals surface area contributed by atoms with Crippen molar-refractivity contribution in [3.05, 3.63) is 76.2 Å². The Bertz CT molecular complexity index is 1190. The second-order valence-electron chi connectivity index (χ2n) is 7.52. The summed E-state index contributed by atoms with van der Waals surface area (Å²) < 4.78 is 13.3. The first-order valence-corrected chi connectivity index (χ1v) is 10.5. The number of hydrogen-bond acceptors (Lipinski definition) is 6. The Morgan fingerprint density at radius 2 is 2.06 bits per heavy atom. The lowest BCUT2D eigenvalue weighted by atomic mass is 9.85. The predicted molar refractivity (Wildman–Crippen MR) is 116 cm³/mol. The fourth-order valence-corrected chi connectivity index (χ4v) is 4.34. The average Bonchev–Trinajstić information content (AvgIpc) is 3.25. The minimum absolute atomic E-state index is 0.137. The number of ketones is 1. The molecule has 8 heteroatoms. The number of methoxy groups -OCH3 is 1. The zero-order valence-electron chi connectivity index (χ0n) is 17.0. The Labute approximate surface area is 184 Å². The molecule has 1 aliphatic heterocycles. The summed E-state index contributed by atoms with van der Waals surface area (Å²) in [6.45, 7) is 0.323. The summed E-state index contributed by atoms with van der Waals surface area (Å²) in [6, 6.07) is 12.9. The molecule has 0 amide bonds. The van der Waals surface area contributed by atoms with Crippen molar-refractivity contribution < 1.29 is 14.3 Å². The van der Waals surface area contributed by atoms with Crippen molar-refractivity contribution in [2.45, 2.75) is 31.9 Å². The van der Waals surface area contributed by atoms with Gasteiger partial charge < -0.3 is 14.8 Å². The molecule has 0 bridgehead atoms. The van der Waals surface area contributed by atoms with Crippen molar-refractivity contribution in [2.24, 2.45) is 0 Å². The number of rotatable bonds is 5. The van der Waals surface area contributed by atoms with E-state index in [0.29, 0.717) is 35.5 Å². The van der Waals surface area contributed by atoms with Gasteiger partial charge in [0.25, 0.3) is 0 Å². The number of ether oxygens (including phenoxy) is 2. The maximum absolute atomic E-state index is 12.8. The summed E-state index contributed by atoms with van der Waals surface area (Å²) in [6.07, 6.45) is 3.69. The van der Waals surface area contributed by atoms with Gasteiger partial charge in [0.1, 0.15) is 19.0 Å². The largest absolute Gasteiger partial charge is 0.493 e. The van der Waals surface area contributed by atoms with Crippen molar-refractivity contribution in [1.82, 2.24) is 14.8 Å². The Morgan fingerprint density at radius 3 is 2.90 bits per heavy atom. The molecule has 0 saturated heterocycles. The number of hydrogen-bond donors (Lipinski definition) is 1. The average molecular weight is 437 g/mol. The van der Waals surface area contributed by atoms with Crippen LogP contribution in [0, 0.1) is 0 Å². The van der Waals surface area contributed by atoms with Crippen LogP contribution in [-0.2, 0) is 11.4 Å². The van der Waals surface area contributed by atoms with Crippen LogP contribution in [0.2, 0.25) is 5.02 Å². The third-order valence-electron chi connectivity index (χ3n) is 5.65. The van der Waals surface area contributed by atoms with Crippen molar-refractivity contribution in [1.29, 1.82) is 0 Å². The first-order chi connectivity index (χ1) is 15.2. The molecule has 7 nitrogen and oxygen atoms in total. The van der Waals surface area contributed by atoms with E-state index >= 15 is 0 Å². The van der Waals surface area contributed by atoms with Crippen LogP contribution in [0.1, 0.15) is 36.4 Å². The third kappa shape index (κ3) is 3.55. The molecular weight excluding hydrogens is 416 g/mol. The molecule has 5 rings (SSSR count). The lowest BCUT2D eigenvalue weighted by Crippen LogP contribution is -2.31. The lowest BCUT2D eigenvalue weighted by molar-refractivity contribution is -0.116. The zero-order valence-corrected chi connectivity index (χ0v) is 17.7. The summed E-state index contributed by atoms with van der Waals surface area (Å²) in [5, 5.41) is 8.30. The number of Topliss-reactive ketones (excluding diaryl/α,β-unsaturated/α-hetero) is 1. The monoisotopic (exact) mass is 436 g/mol. The van der Waals surface area contributed by atoms with Gasteiger partial charge in [-0.25, -0.2) is 4.68 Å². The number of carbonyl (C=O) groups is 1. The van der Waals surface area contributed by atoms with E-state index in [1.807, 2.05) is 42.5 Å². The highest BCUT2D eigenvalue weighted by Crippen LogP contribution is 2.41. The van der Waals surface area contributed by atoms with Gasteiger partial charge in [0, 0.05) is 28.3 Å². The standard InChI is InChI=1S/C23H21ClN4O3/c1-30-20-11-14(9-10-19(20)31-12-15-5-2-3-6-16(15)24)22-21-17(7-4-8-18(21)29)27-23-25-13-26-28(22)23/h2-3,5-6,9-11,13,22H,4,7-8,12H2,1H3,(H,25,26,27)/t22-/m0/s1. The van der Waals surface area contributed by atoms with E-state index in [1.165, 1.54) is 6.33 Å². The van der Waals surface area contributed by atoms with Gasteiger partial charge in [-0.05, 0) is 36.6 Å². The molecule has 1 aliphatic carbocycles. The number of nitrogens with zero attached hydrogens (tertiary/aromatic N) is 3. The molecule has 0 spiro atoms. The highest BCUT2D eigenvalue weighted by molar-refractivity contribution is 6.31. The van der Waals surface area contributed by atoms with Crippen LogP contribution in [-0.4, -0.2) is 27.7 Å². The number of aromatic nitrogens is 3. The lowest BCUT2D eigenvalue weighted by Gasteiger charge is -2.32. The molecule has 2 heterocycles. The Kier molecular flexibility index (Phi) is 5.11. The molecule has 0 radical (unpaired) electrons. The Balaban J connectivity index is 1.50. The van der Waals surface area contributed by atoms with Crippen LogP contribution in [0.5, 0.6) is 11.5 Å². The maximum Gasteiger partial charge on any atom is 0.226 e. The van der Waals surface area contributed by atoms with Crippen LogP contribution < -0.4 is 14.8 Å². The summed E-state index contributed by atoms with van der Waals surface area (Å²) in [7, 11) is 1.60. The van der Waals surface area contributed by atoms with Gasteiger partial charge >= 0.3 is 0 Å². The summed E-state index contributed by atoms with van der Waals surface area (Å²) in [4.78, 5) is 17.1. The molecule has 2 aliphatic rings. The quantitative estimate of drug-likeness (QED) is 0.632. The zero-order chi connectivity index (χ0) is 21.4. The van der Waals surface area contributed by atoms with Crippen molar-refractivity contribution in [3.63, 3.8) is 0 Å². The SMILES string of the molecule is COc1cc([C@H]2C3=C(CCCC3=O)Nc3ncnn32)ccc1OCc1ccccc1Cl. The molecule has 0 unspecified atom stereocenters. The van der Waals surface area contributed by atoms with Gasteiger partial charge in [0.05, 0.1) is 7.11 Å². The normalized spacial score (nSPS) is 17.6.